The summed E-state index contributed by atoms with van der Waals surface area (Å²) in [5.74, 6) is -11.9. The molecule has 0 aliphatic rings. The summed E-state index contributed by atoms with van der Waals surface area (Å²) in [6.07, 6.45) is -8.00. The first-order valence-electron chi connectivity index (χ1n) is 4.41. The molecule has 0 saturated heterocycles. The SMILES string of the molecule is CC(C)C(N)CC(F)(F)C(F)(F)C(F)(F)F. The van der Waals surface area contributed by atoms with E-state index in [2.05, 4.69) is 0 Å². The van der Waals surface area contributed by atoms with Crippen LogP contribution in [0.1, 0.15) is 20.3 Å². The van der Waals surface area contributed by atoms with Gasteiger partial charge in [0.2, 0.25) is 0 Å². The van der Waals surface area contributed by atoms with Crippen LogP contribution >= 0.6 is 0 Å². The molecule has 0 spiro atoms. The van der Waals surface area contributed by atoms with Gasteiger partial charge in [-0.05, 0) is 5.92 Å². The van der Waals surface area contributed by atoms with Crippen molar-refractivity contribution >= 4 is 0 Å². The molecule has 2 N–H and O–H groups in total. The van der Waals surface area contributed by atoms with Gasteiger partial charge in [0.1, 0.15) is 0 Å². The summed E-state index contributed by atoms with van der Waals surface area (Å²) in [4.78, 5) is 0. The average molecular weight is 255 g/mol. The molecular weight excluding hydrogens is 243 g/mol. The van der Waals surface area contributed by atoms with E-state index in [1.807, 2.05) is 0 Å². The fourth-order valence-electron chi connectivity index (χ4n) is 0.867. The zero-order chi connectivity index (χ0) is 13.4. The van der Waals surface area contributed by atoms with Gasteiger partial charge in [-0.15, -0.1) is 0 Å². The standard InChI is InChI=1S/C8H12F7N/c1-4(2)5(16)3-6(9,10)7(11,12)8(13,14)15/h4-5H,3,16H2,1-2H3. The van der Waals surface area contributed by atoms with Gasteiger partial charge >= 0.3 is 18.0 Å². The molecule has 1 atom stereocenters. The van der Waals surface area contributed by atoms with Crippen molar-refractivity contribution in [2.75, 3.05) is 0 Å². The molecule has 0 aromatic carbocycles. The highest BCUT2D eigenvalue weighted by Gasteiger charge is 2.72. The summed E-state index contributed by atoms with van der Waals surface area (Å²) in [6, 6.07) is -1.43. The maximum absolute atomic E-state index is 12.8. The molecule has 0 aromatic heterocycles. The van der Waals surface area contributed by atoms with E-state index in [-0.39, 0.29) is 0 Å². The Morgan fingerprint density at radius 3 is 1.56 bits per heavy atom. The Labute approximate surface area is 87.8 Å². The van der Waals surface area contributed by atoms with Crippen LogP contribution in [0.5, 0.6) is 0 Å². The van der Waals surface area contributed by atoms with Crippen LogP contribution in [0.15, 0.2) is 0 Å². The van der Waals surface area contributed by atoms with E-state index in [0.29, 0.717) is 0 Å². The maximum atomic E-state index is 12.8. The summed E-state index contributed by atoms with van der Waals surface area (Å²) in [5.41, 5.74) is 5.06. The number of alkyl halides is 7. The molecule has 0 aliphatic carbocycles. The minimum absolute atomic E-state index is 0.616. The lowest BCUT2D eigenvalue weighted by Crippen LogP contribution is -2.54. The van der Waals surface area contributed by atoms with Gasteiger partial charge in [0.05, 0.1) is 0 Å². The van der Waals surface area contributed by atoms with Crippen molar-refractivity contribution in [1.82, 2.24) is 0 Å². The van der Waals surface area contributed by atoms with Crippen LogP contribution in [0.2, 0.25) is 0 Å². The Bertz CT molecular complexity index is 233. The lowest BCUT2D eigenvalue weighted by Gasteiger charge is -2.30. The number of rotatable bonds is 4. The van der Waals surface area contributed by atoms with E-state index in [9.17, 15) is 30.7 Å². The summed E-state index contributed by atoms with van der Waals surface area (Å²) >= 11 is 0. The molecule has 0 aromatic rings. The van der Waals surface area contributed by atoms with Crippen LogP contribution in [0.3, 0.4) is 0 Å². The average Bonchev–Trinajstić information content (AvgIpc) is 2.00. The molecule has 8 heteroatoms. The predicted molar refractivity (Wildman–Crippen MR) is 43.4 cm³/mol. The third-order valence-corrected chi connectivity index (χ3v) is 2.16. The second kappa shape index (κ2) is 4.38. The molecule has 0 saturated carbocycles. The molecule has 1 nitrogen and oxygen atoms in total. The first-order chi connectivity index (χ1) is 6.83. The maximum Gasteiger partial charge on any atom is 0.459 e. The van der Waals surface area contributed by atoms with E-state index in [1.165, 1.54) is 13.8 Å². The van der Waals surface area contributed by atoms with Gasteiger partial charge in [-0.3, -0.25) is 0 Å². The molecule has 1 unspecified atom stereocenters. The lowest BCUT2D eigenvalue weighted by atomic mass is 9.95. The van der Waals surface area contributed by atoms with Gasteiger partial charge in [0, 0.05) is 12.5 Å². The van der Waals surface area contributed by atoms with E-state index in [4.69, 9.17) is 5.73 Å². The van der Waals surface area contributed by atoms with Crippen LogP contribution in [0.4, 0.5) is 30.7 Å². The lowest BCUT2D eigenvalue weighted by molar-refractivity contribution is -0.356. The third-order valence-electron chi connectivity index (χ3n) is 2.16. The molecular formula is C8H12F7N. The number of halogens is 7. The highest BCUT2D eigenvalue weighted by atomic mass is 19.4. The molecule has 0 bridgehead atoms. The molecule has 0 aliphatic heterocycles. The second-order valence-corrected chi connectivity index (χ2v) is 3.89. The fourth-order valence-corrected chi connectivity index (χ4v) is 0.867. The zero-order valence-corrected chi connectivity index (χ0v) is 8.58. The Kier molecular flexibility index (Phi) is 4.24. The normalized spacial score (nSPS) is 16.7. The fraction of sp³-hybridized carbons (Fsp3) is 1.00. The highest BCUT2D eigenvalue weighted by molar-refractivity contribution is 4.93. The van der Waals surface area contributed by atoms with Gasteiger partial charge in [-0.25, -0.2) is 0 Å². The van der Waals surface area contributed by atoms with Gasteiger partial charge in [0.25, 0.3) is 0 Å². The Balaban J connectivity index is 4.92. The molecule has 16 heavy (non-hydrogen) atoms. The Morgan fingerprint density at radius 1 is 0.938 bits per heavy atom. The van der Waals surface area contributed by atoms with Crippen LogP contribution in [-0.2, 0) is 0 Å². The summed E-state index contributed by atoms with van der Waals surface area (Å²) in [5, 5.41) is 0. The van der Waals surface area contributed by atoms with Crippen molar-refractivity contribution in [3.63, 3.8) is 0 Å². The smallest absolute Gasteiger partial charge is 0.327 e. The van der Waals surface area contributed by atoms with Crippen LogP contribution in [0, 0.1) is 5.92 Å². The van der Waals surface area contributed by atoms with Crippen LogP contribution in [-0.4, -0.2) is 24.1 Å². The molecule has 0 radical (unpaired) electrons. The van der Waals surface area contributed by atoms with E-state index in [0.717, 1.165) is 0 Å². The Hall–Kier alpha value is -0.530. The van der Waals surface area contributed by atoms with Gasteiger partial charge in [-0.1, -0.05) is 13.8 Å². The second-order valence-electron chi connectivity index (χ2n) is 3.89. The molecule has 0 heterocycles. The predicted octanol–water partition coefficient (Wildman–Crippen LogP) is 3.19. The minimum atomic E-state index is -6.28. The van der Waals surface area contributed by atoms with Crippen molar-refractivity contribution in [1.29, 1.82) is 0 Å². The molecule has 0 rings (SSSR count). The monoisotopic (exact) mass is 255 g/mol. The Morgan fingerprint density at radius 2 is 1.31 bits per heavy atom. The highest BCUT2D eigenvalue weighted by Crippen LogP contribution is 2.48. The summed E-state index contributed by atoms with van der Waals surface area (Å²) < 4.78 is 85.4. The van der Waals surface area contributed by atoms with Crippen molar-refractivity contribution < 1.29 is 30.7 Å². The first-order valence-corrected chi connectivity index (χ1v) is 4.41. The number of nitrogens with two attached hydrogens (primary N) is 1. The van der Waals surface area contributed by atoms with E-state index < -0.39 is 36.4 Å². The van der Waals surface area contributed by atoms with Crippen molar-refractivity contribution in [2.24, 2.45) is 11.7 Å². The number of hydrogen-bond donors (Lipinski definition) is 1. The molecule has 98 valence electrons. The quantitative estimate of drug-likeness (QED) is 0.767. The summed E-state index contributed by atoms with van der Waals surface area (Å²) in [7, 11) is 0. The molecule has 0 fully saturated rings. The van der Waals surface area contributed by atoms with Gasteiger partial charge < -0.3 is 5.73 Å². The first kappa shape index (κ1) is 15.5. The van der Waals surface area contributed by atoms with Gasteiger partial charge in [-0.2, -0.15) is 30.7 Å². The largest absolute Gasteiger partial charge is 0.459 e. The van der Waals surface area contributed by atoms with Crippen LogP contribution in [0.25, 0.3) is 0 Å². The van der Waals surface area contributed by atoms with E-state index >= 15 is 0 Å². The van der Waals surface area contributed by atoms with Gasteiger partial charge in [0.15, 0.2) is 0 Å². The van der Waals surface area contributed by atoms with E-state index in [1.54, 1.807) is 0 Å². The van der Waals surface area contributed by atoms with Crippen molar-refractivity contribution in [3.05, 3.63) is 0 Å². The van der Waals surface area contributed by atoms with Crippen molar-refractivity contribution in [3.8, 4) is 0 Å². The minimum Gasteiger partial charge on any atom is -0.327 e. The topological polar surface area (TPSA) is 26.0 Å². The third kappa shape index (κ3) is 2.99. The number of hydrogen-bond acceptors (Lipinski definition) is 1. The zero-order valence-electron chi connectivity index (χ0n) is 8.58. The summed E-state index contributed by atoms with van der Waals surface area (Å²) in [6.45, 7) is 2.71. The van der Waals surface area contributed by atoms with Crippen molar-refractivity contribution in [2.45, 2.75) is 44.3 Å². The molecule has 0 amide bonds. The van der Waals surface area contributed by atoms with Crippen LogP contribution < -0.4 is 5.73 Å².